The van der Waals surface area contributed by atoms with Crippen LogP contribution in [0.2, 0.25) is 0 Å². The summed E-state index contributed by atoms with van der Waals surface area (Å²) in [5, 5.41) is 8.27. The molecule has 0 aliphatic rings. The summed E-state index contributed by atoms with van der Waals surface area (Å²) in [5.41, 5.74) is 2.26. The van der Waals surface area contributed by atoms with Gasteiger partial charge in [-0.1, -0.05) is 13.8 Å². The van der Waals surface area contributed by atoms with Crippen molar-refractivity contribution in [3.05, 3.63) is 78.3 Å². The molecule has 0 atom stereocenters. The van der Waals surface area contributed by atoms with E-state index in [4.69, 9.17) is 4.42 Å². The lowest BCUT2D eigenvalue weighted by Gasteiger charge is -2.09. The smallest absolute Gasteiger partial charge is 0.291 e. The molecule has 0 unspecified atom stereocenters. The minimum Gasteiger partial charge on any atom is -0.459 e. The van der Waals surface area contributed by atoms with Gasteiger partial charge in [0, 0.05) is 28.5 Å². The fourth-order valence-electron chi connectivity index (χ4n) is 2.43. The predicted octanol–water partition coefficient (Wildman–Crippen LogP) is 4.38. The van der Waals surface area contributed by atoms with E-state index in [2.05, 4.69) is 16.0 Å². The summed E-state index contributed by atoms with van der Waals surface area (Å²) in [6.45, 7) is 3.62. The van der Waals surface area contributed by atoms with Gasteiger partial charge in [0.15, 0.2) is 5.76 Å². The molecule has 3 aromatic rings. The minimum absolute atomic E-state index is 0.0820. The SMILES string of the molecule is CC(C)C(=O)Nc1ccc(C(=O)Nc2ccc(NC(=O)c3ccco3)cc2)cc1. The highest BCUT2D eigenvalue weighted by molar-refractivity contribution is 6.05. The van der Waals surface area contributed by atoms with E-state index in [1.807, 2.05) is 13.8 Å². The molecule has 29 heavy (non-hydrogen) atoms. The zero-order valence-electron chi connectivity index (χ0n) is 16.1. The van der Waals surface area contributed by atoms with Crippen molar-refractivity contribution in [1.82, 2.24) is 0 Å². The second-order valence-electron chi connectivity index (χ2n) is 6.68. The molecular formula is C22H21N3O4. The molecule has 2 aromatic carbocycles. The van der Waals surface area contributed by atoms with Gasteiger partial charge in [-0.25, -0.2) is 0 Å². The largest absolute Gasteiger partial charge is 0.459 e. The molecule has 7 heteroatoms. The van der Waals surface area contributed by atoms with Gasteiger partial charge in [0.05, 0.1) is 6.26 Å². The van der Waals surface area contributed by atoms with E-state index in [9.17, 15) is 14.4 Å². The summed E-state index contributed by atoms with van der Waals surface area (Å²) in [7, 11) is 0. The first-order valence-electron chi connectivity index (χ1n) is 9.09. The molecule has 3 amide bonds. The maximum absolute atomic E-state index is 12.4. The Kier molecular flexibility index (Phi) is 6.09. The Labute approximate surface area is 168 Å². The van der Waals surface area contributed by atoms with Gasteiger partial charge in [0.25, 0.3) is 11.8 Å². The number of benzene rings is 2. The van der Waals surface area contributed by atoms with E-state index < -0.39 is 0 Å². The Morgan fingerprint density at radius 1 is 0.724 bits per heavy atom. The lowest BCUT2D eigenvalue weighted by atomic mass is 10.1. The van der Waals surface area contributed by atoms with Crippen molar-refractivity contribution in [3.63, 3.8) is 0 Å². The third-order valence-electron chi connectivity index (χ3n) is 4.08. The topological polar surface area (TPSA) is 100 Å². The normalized spacial score (nSPS) is 10.4. The van der Waals surface area contributed by atoms with Gasteiger partial charge in [0.2, 0.25) is 5.91 Å². The molecule has 148 valence electrons. The third-order valence-corrected chi connectivity index (χ3v) is 4.08. The Morgan fingerprint density at radius 3 is 1.76 bits per heavy atom. The zero-order chi connectivity index (χ0) is 20.8. The van der Waals surface area contributed by atoms with Crippen molar-refractivity contribution >= 4 is 34.8 Å². The molecule has 0 fully saturated rings. The van der Waals surface area contributed by atoms with Crippen LogP contribution in [0.25, 0.3) is 0 Å². The summed E-state index contributed by atoms with van der Waals surface area (Å²) in [4.78, 5) is 36.1. The van der Waals surface area contributed by atoms with Gasteiger partial charge in [-0.3, -0.25) is 14.4 Å². The second kappa shape index (κ2) is 8.88. The second-order valence-corrected chi connectivity index (χ2v) is 6.68. The van der Waals surface area contributed by atoms with Gasteiger partial charge in [0.1, 0.15) is 0 Å². The Morgan fingerprint density at radius 2 is 1.24 bits per heavy atom. The highest BCUT2D eigenvalue weighted by Gasteiger charge is 2.11. The first kappa shape index (κ1) is 19.9. The minimum atomic E-state index is -0.351. The lowest BCUT2D eigenvalue weighted by molar-refractivity contribution is -0.118. The highest BCUT2D eigenvalue weighted by Crippen LogP contribution is 2.17. The van der Waals surface area contributed by atoms with E-state index >= 15 is 0 Å². The van der Waals surface area contributed by atoms with Crippen molar-refractivity contribution in [3.8, 4) is 0 Å². The molecule has 3 N–H and O–H groups in total. The molecule has 0 radical (unpaired) electrons. The molecule has 3 rings (SSSR count). The average molecular weight is 391 g/mol. The van der Waals surface area contributed by atoms with Crippen molar-refractivity contribution in [1.29, 1.82) is 0 Å². The number of hydrogen-bond donors (Lipinski definition) is 3. The first-order valence-corrected chi connectivity index (χ1v) is 9.09. The van der Waals surface area contributed by atoms with Crippen molar-refractivity contribution < 1.29 is 18.8 Å². The number of anilines is 3. The maximum atomic E-state index is 12.4. The van der Waals surface area contributed by atoms with Gasteiger partial charge < -0.3 is 20.4 Å². The molecule has 0 spiro atoms. The van der Waals surface area contributed by atoms with Crippen LogP contribution in [0.15, 0.2) is 71.3 Å². The molecule has 7 nitrogen and oxygen atoms in total. The van der Waals surface area contributed by atoms with Crippen LogP contribution in [0.1, 0.15) is 34.8 Å². The summed E-state index contributed by atoms with van der Waals surface area (Å²) >= 11 is 0. The van der Waals surface area contributed by atoms with E-state index in [0.29, 0.717) is 22.6 Å². The van der Waals surface area contributed by atoms with E-state index in [1.54, 1.807) is 60.7 Å². The number of nitrogens with one attached hydrogen (secondary N) is 3. The molecule has 0 saturated carbocycles. The van der Waals surface area contributed by atoms with Gasteiger partial charge >= 0.3 is 0 Å². The number of amides is 3. The van der Waals surface area contributed by atoms with Crippen LogP contribution in [0.5, 0.6) is 0 Å². The standard InChI is InChI=1S/C22H21N3O4/c1-14(2)20(26)23-16-7-5-15(6-8-16)21(27)24-17-9-11-18(12-10-17)25-22(28)19-4-3-13-29-19/h3-14H,1-2H3,(H,23,26)(H,24,27)(H,25,28). The van der Waals surface area contributed by atoms with Crippen molar-refractivity contribution in [2.24, 2.45) is 5.92 Å². The van der Waals surface area contributed by atoms with Crippen LogP contribution in [0.4, 0.5) is 17.1 Å². The number of carbonyl (C=O) groups excluding carboxylic acids is 3. The summed E-state index contributed by atoms with van der Waals surface area (Å²) in [6, 6.07) is 16.6. The van der Waals surface area contributed by atoms with Crippen LogP contribution in [-0.4, -0.2) is 17.7 Å². The van der Waals surface area contributed by atoms with E-state index in [1.165, 1.54) is 6.26 Å². The van der Waals surface area contributed by atoms with Gasteiger partial charge in [-0.2, -0.15) is 0 Å². The van der Waals surface area contributed by atoms with E-state index in [0.717, 1.165) is 0 Å². The summed E-state index contributed by atoms with van der Waals surface area (Å²) in [5.74, 6) is -0.614. The van der Waals surface area contributed by atoms with Crippen molar-refractivity contribution in [2.75, 3.05) is 16.0 Å². The van der Waals surface area contributed by atoms with Crippen molar-refractivity contribution in [2.45, 2.75) is 13.8 Å². The first-order chi connectivity index (χ1) is 13.9. The van der Waals surface area contributed by atoms with Crippen LogP contribution in [0.3, 0.4) is 0 Å². The van der Waals surface area contributed by atoms with Gasteiger partial charge in [-0.15, -0.1) is 0 Å². The Balaban J connectivity index is 1.57. The lowest BCUT2D eigenvalue weighted by Crippen LogP contribution is -2.18. The van der Waals surface area contributed by atoms with Gasteiger partial charge in [-0.05, 0) is 60.7 Å². The fourth-order valence-corrected chi connectivity index (χ4v) is 2.43. The van der Waals surface area contributed by atoms with Crippen LogP contribution in [-0.2, 0) is 4.79 Å². The quantitative estimate of drug-likeness (QED) is 0.580. The zero-order valence-corrected chi connectivity index (χ0v) is 16.1. The van der Waals surface area contributed by atoms with E-state index in [-0.39, 0.29) is 29.4 Å². The number of rotatable bonds is 6. The molecule has 1 heterocycles. The average Bonchev–Trinajstić information content (AvgIpc) is 3.25. The molecule has 0 aliphatic heterocycles. The number of carbonyl (C=O) groups is 3. The molecular weight excluding hydrogens is 370 g/mol. The summed E-state index contributed by atoms with van der Waals surface area (Å²) in [6.07, 6.45) is 1.43. The van der Waals surface area contributed by atoms with Crippen LogP contribution < -0.4 is 16.0 Å². The number of furan rings is 1. The molecule has 0 saturated heterocycles. The van der Waals surface area contributed by atoms with Crippen LogP contribution in [0, 0.1) is 5.92 Å². The predicted molar refractivity (Wildman–Crippen MR) is 111 cm³/mol. The monoisotopic (exact) mass is 391 g/mol. The molecule has 0 aliphatic carbocycles. The highest BCUT2D eigenvalue weighted by atomic mass is 16.3. The molecule has 0 bridgehead atoms. The van der Waals surface area contributed by atoms with Crippen LogP contribution >= 0.6 is 0 Å². The fraction of sp³-hybridized carbons (Fsp3) is 0.136. The third kappa shape index (κ3) is 5.32. The number of hydrogen-bond acceptors (Lipinski definition) is 4. The Hall–Kier alpha value is -3.87. The summed E-state index contributed by atoms with van der Waals surface area (Å²) < 4.78 is 5.04. The maximum Gasteiger partial charge on any atom is 0.291 e. The molecule has 1 aromatic heterocycles. The Bertz CT molecular complexity index is 992.